The molecule has 0 aliphatic rings. The molecular weight excluding hydrogens is 242 g/mol. The molecule has 17 heavy (non-hydrogen) atoms. The number of hydrogen-bond acceptors (Lipinski definition) is 4. The molecule has 0 heterocycles. The molecule has 0 saturated carbocycles. The van der Waals surface area contributed by atoms with E-state index < -0.39 is 0 Å². The van der Waals surface area contributed by atoms with Crippen LogP contribution < -0.4 is 9.47 Å². The predicted octanol–water partition coefficient (Wildman–Crippen LogP) is 3.33. The highest BCUT2D eigenvalue weighted by Gasteiger charge is 2.13. The number of ether oxygens (including phenoxy) is 2. The molecule has 0 spiro atoms. The normalized spacial score (nSPS) is 12.7. The van der Waals surface area contributed by atoms with Crippen LogP contribution in [0.3, 0.4) is 0 Å². The molecule has 0 saturated heterocycles. The molecule has 0 aliphatic heterocycles. The van der Waals surface area contributed by atoms with Crippen LogP contribution in [-0.4, -0.2) is 24.6 Å². The molecular formula is C12H16ClNO3. The summed E-state index contributed by atoms with van der Waals surface area (Å²) in [6.07, 6.45) is 2.21. The molecule has 1 aromatic carbocycles. The Labute approximate surface area is 106 Å². The summed E-state index contributed by atoms with van der Waals surface area (Å²) in [7, 11) is 1.54. The van der Waals surface area contributed by atoms with Crippen molar-refractivity contribution in [2.75, 3.05) is 7.11 Å². The molecule has 0 amide bonds. The van der Waals surface area contributed by atoms with Crippen LogP contribution in [-0.2, 0) is 0 Å². The van der Waals surface area contributed by atoms with E-state index in [1.54, 1.807) is 12.1 Å². The van der Waals surface area contributed by atoms with Gasteiger partial charge in [0.1, 0.15) is 0 Å². The van der Waals surface area contributed by atoms with E-state index in [2.05, 4.69) is 5.16 Å². The van der Waals surface area contributed by atoms with Gasteiger partial charge in [-0.2, -0.15) is 0 Å². The summed E-state index contributed by atoms with van der Waals surface area (Å²) in [6, 6.07) is 3.35. The van der Waals surface area contributed by atoms with E-state index in [0.717, 1.165) is 6.42 Å². The topological polar surface area (TPSA) is 51.0 Å². The van der Waals surface area contributed by atoms with Crippen LogP contribution >= 0.6 is 11.6 Å². The Balaban J connectivity index is 3.11. The Hall–Kier alpha value is -1.42. The Morgan fingerprint density at radius 3 is 2.76 bits per heavy atom. The van der Waals surface area contributed by atoms with Gasteiger partial charge in [-0.3, -0.25) is 0 Å². The number of halogens is 1. The van der Waals surface area contributed by atoms with Crippen LogP contribution in [0.4, 0.5) is 0 Å². The summed E-state index contributed by atoms with van der Waals surface area (Å²) in [6.45, 7) is 3.98. The summed E-state index contributed by atoms with van der Waals surface area (Å²) >= 11 is 6.10. The molecule has 1 N–H and O–H groups in total. The van der Waals surface area contributed by atoms with Crippen molar-refractivity contribution in [1.82, 2.24) is 0 Å². The van der Waals surface area contributed by atoms with Crippen molar-refractivity contribution in [3.8, 4) is 11.5 Å². The highest BCUT2D eigenvalue weighted by Crippen LogP contribution is 2.36. The van der Waals surface area contributed by atoms with Gasteiger partial charge in [0.25, 0.3) is 0 Å². The number of hydrogen-bond donors (Lipinski definition) is 1. The first kappa shape index (κ1) is 13.6. The zero-order chi connectivity index (χ0) is 12.8. The number of benzene rings is 1. The maximum atomic E-state index is 8.48. The van der Waals surface area contributed by atoms with E-state index in [9.17, 15) is 0 Å². The summed E-state index contributed by atoms with van der Waals surface area (Å²) in [4.78, 5) is 0. The average Bonchev–Trinajstić information content (AvgIpc) is 2.32. The van der Waals surface area contributed by atoms with E-state index >= 15 is 0 Å². The van der Waals surface area contributed by atoms with Gasteiger partial charge in [-0.15, -0.1) is 0 Å². The van der Waals surface area contributed by atoms with E-state index in [1.807, 2.05) is 13.8 Å². The van der Waals surface area contributed by atoms with Crippen LogP contribution in [0.1, 0.15) is 25.8 Å². The minimum atomic E-state index is 0.0544. The first-order valence-corrected chi connectivity index (χ1v) is 5.71. The van der Waals surface area contributed by atoms with Gasteiger partial charge < -0.3 is 14.7 Å². The second-order valence-electron chi connectivity index (χ2n) is 3.62. The fraction of sp³-hybridized carbons (Fsp3) is 0.417. The van der Waals surface area contributed by atoms with Crippen LogP contribution in [0.25, 0.3) is 0 Å². The highest BCUT2D eigenvalue weighted by molar-refractivity contribution is 6.32. The van der Waals surface area contributed by atoms with Crippen molar-refractivity contribution in [3.05, 3.63) is 22.7 Å². The van der Waals surface area contributed by atoms with Gasteiger partial charge in [0.2, 0.25) is 0 Å². The van der Waals surface area contributed by atoms with Crippen LogP contribution in [0, 0.1) is 0 Å². The minimum absolute atomic E-state index is 0.0544. The first-order valence-electron chi connectivity index (χ1n) is 5.34. The van der Waals surface area contributed by atoms with Crippen molar-refractivity contribution in [1.29, 1.82) is 0 Å². The van der Waals surface area contributed by atoms with Crippen LogP contribution in [0.2, 0.25) is 5.02 Å². The molecule has 0 aliphatic carbocycles. The number of methoxy groups -OCH3 is 1. The third-order valence-corrected chi connectivity index (χ3v) is 2.63. The monoisotopic (exact) mass is 257 g/mol. The van der Waals surface area contributed by atoms with Gasteiger partial charge in [0.15, 0.2) is 11.5 Å². The molecule has 1 aromatic rings. The smallest absolute Gasteiger partial charge is 0.180 e. The molecule has 0 radical (unpaired) electrons. The average molecular weight is 258 g/mol. The zero-order valence-electron chi connectivity index (χ0n) is 10.1. The van der Waals surface area contributed by atoms with Gasteiger partial charge >= 0.3 is 0 Å². The minimum Gasteiger partial charge on any atom is -0.493 e. The lowest BCUT2D eigenvalue weighted by atomic mass is 10.2. The van der Waals surface area contributed by atoms with Gasteiger partial charge in [0.05, 0.1) is 24.5 Å². The maximum absolute atomic E-state index is 8.48. The lowest BCUT2D eigenvalue weighted by Crippen LogP contribution is -2.11. The van der Waals surface area contributed by atoms with Crippen LogP contribution in [0.5, 0.6) is 11.5 Å². The Kier molecular flexibility index (Phi) is 5.10. The fourth-order valence-corrected chi connectivity index (χ4v) is 1.54. The predicted molar refractivity (Wildman–Crippen MR) is 67.8 cm³/mol. The number of nitrogens with zero attached hydrogens (tertiary/aromatic N) is 1. The summed E-state index contributed by atoms with van der Waals surface area (Å²) in [5.74, 6) is 1.03. The van der Waals surface area contributed by atoms with Crippen molar-refractivity contribution in [2.24, 2.45) is 5.16 Å². The fourth-order valence-electron chi connectivity index (χ4n) is 1.28. The summed E-state index contributed by atoms with van der Waals surface area (Å²) in [5.41, 5.74) is 0.644. The Bertz CT molecular complexity index is 407. The van der Waals surface area contributed by atoms with Crippen molar-refractivity contribution < 1.29 is 14.7 Å². The summed E-state index contributed by atoms with van der Waals surface area (Å²) in [5, 5.41) is 11.9. The van der Waals surface area contributed by atoms with E-state index in [0.29, 0.717) is 22.1 Å². The largest absolute Gasteiger partial charge is 0.493 e. The van der Waals surface area contributed by atoms with Gasteiger partial charge in [-0.1, -0.05) is 23.7 Å². The van der Waals surface area contributed by atoms with Gasteiger partial charge in [-0.05, 0) is 25.5 Å². The molecule has 0 aromatic heterocycles. The highest BCUT2D eigenvalue weighted by atomic mass is 35.5. The lowest BCUT2D eigenvalue weighted by molar-refractivity contribution is 0.208. The quantitative estimate of drug-likeness (QED) is 0.500. The van der Waals surface area contributed by atoms with E-state index in [-0.39, 0.29) is 6.10 Å². The molecule has 4 nitrogen and oxygen atoms in total. The summed E-state index contributed by atoms with van der Waals surface area (Å²) < 4.78 is 10.9. The second kappa shape index (κ2) is 6.35. The molecule has 1 rings (SSSR count). The standard InChI is InChI=1S/C12H16ClNO3/c1-4-8(2)17-12-10(13)5-9(7-14-15)6-11(12)16-3/h5-8,15H,4H2,1-3H3/t8-/m0/s1. The SMILES string of the molecule is CC[C@H](C)Oc1c(Cl)cc(C=NO)cc1OC. The van der Waals surface area contributed by atoms with Crippen molar-refractivity contribution >= 4 is 17.8 Å². The molecule has 5 heteroatoms. The van der Waals surface area contributed by atoms with E-state index in [4.69, 9.17) is 26.3 Å². The Morgan fingerprint density at radius 1 is 1.53 bits per heavy atom. The number of rotatable bonds is 5. The van der Waals surface area contributed by atoms with Crippen LogP contribution in [0.15, 0.2) is 17.3 Å². The lowest BCUT2D eigenvalue weighted by Gasteiger charge is -2.17. The van der Waals surface area contributed by atoms with Gasteiger partial charge in [0, 0.05) is 5.56 Å². The first-order chi connectivity index (χ1) is 8.12. The van der Waals surface area contributed by atoms with Crippen molar-refractivity contribution in [3.63, 3.8) is 0 Å². The number of oxime groups is 1. The zero-order valence-corrected chi connectivity index (χ0v) is 10.9. The maximum Gasteiger partial charge on any atom is 0.180 e. The molecule has 1 atom stereocenters. The van der Waals surface area contributed by atoms with Gasteiger partial charge in [-0.25, -0.2) is 0 Å². The molecule has 0 fully saturated rings. The third-order valence-electron chi connectivity index (χ3n) is 2.35. The van der Waals surface area contributed by atoms with E-state index in [1.165, 1.54) is 13.3 Å². The second-order valence-corrected chi connectivity index (χ2v) is 4.02. The van der Waals surface area contributed by atoms with Crippen molar-refractivity contribution in [2.45, 2.75) is 26.4 Å². The Morgan fingerprint density at radius 2 is 2.24 bits per heavy atom. The molecule has 0 unspecified atom stereocenters. The molecule has 94 valence electrons. The molecule has 0 bridgehead atoms. The third kappa shape index (κ3) is 3.53.